The number of nitrogens with one attached hydrogen (secondary N) is 1. The molecule has 2 fully saturated rings. The van der Waals surface area contributed by atoms with Gasteiger partial charge in [0, 0.05) is 36.1 Å². The van der Waals surface area contributed by atoms with Crippen LogP contribution >= 0.6 is 11.8 Å². The molecule has 1 N–H and O–H groups in total. The zero-order valence-corrected chi connectivity index (χ0v) is 23.1. The standard InChI is InChI=1S/C27H33BN4O6S/c1-17(2)11-19(28-37-26(35)22-15-39-16-23(32(22)3)27(36)38-28)13-24(33)20(12-18-7-5-4-6-8-18)31-25(34)21-14-29-9-10-30-21/h4-10,14,17,19-20,22-23H,11-13,15-16H2,1-3H3,(H,31,34)/t19-,20+,22-,23-/m1/s1. The molecular formula is C27H33BN4O6S. The van der Waals surface area contributed by atoms with Gasteiger partial charge in [-0.25, -0.2) is 4.98 Å². The fourth-order valence-electron chi connectivity index (χ4n) is 4.86. The Hall–Kier alpha value is -3.25. The zero-order chi connectivity index (χ0) is 27.9. The number of benzene rings is 1. The Balaban J connectivity index is 1.56. The molecule has 2 aliphatic rings. The van der Waals surface area contributed by atoms with Gasteiger partial charge in [0.15, 0.2) is 5.78 Å². The molecule has 1 aromatic carbocycles. The van der Waals surface area contributed by atoms with E-state index in [0.29, 0.717) is 17.9 Å². The Labute approximate surface area is 232 Å². The molecule has 2 aromatic rings. The van der Waals surface area contributed by atoms with Gasteiger partial charge in [-0.05, 0) is 31.4 Å². The number of amides is 1. The molecule has 10 nitrogen and oxygen atoms in total. The highest BCUT2D eigenvalue weighted by molar-refractivity contribution is 7.99. The van der Waals surface area contributed by atoms with Crippen LogP contribution in [0, 0.1) is 5.92 Å². The third-order valence-electron chi connectivity index (χ3n) is 6.94. The summed E-state index contributed by atoms with van der Waals surface area (Å²) in [7, 11) is 0.535. The normalized spacial score (nSPS) is 21.3. The molecule has 2 bridgehead atoms. The molecule has 0 spiro atoms. The number of carbonyl (C=O) groups excluding carboxylic acids is 4. The highest BCUT2D eigenvalue weighted by Gasteiger charge is 2.48. The molecule has 1 amide bonds. The average molecular weight is 552 g/mol. The molecule has 12 heteroatoms. The predicted octanol–water partition coefficient (Wildman–Crippen LogP) is 2.20. The van der Waals surface area contributed by atoms with E-state index in [1.807, 2.05) is 44.2 Å². The quantitative estimate of drug-likeness (QED) is 0.438. The van der Waals surface area contributed by atoms with E-state index in [4.69, 9.17) is 9.31 Å². The summed E-state index contributed by atoms with van der Waals surface area (Å²) in [5.41, 5.74) is 0.964. The summed E-state index contributed by atoms with van der Waals surface area (Å²) in [6.07, 6.45) is 4.89. The van der Waals surface area contributed by atoms with Crippen molar-refractivity contribution in [3.05, 3.63) is 60.2 Å². The van der Waals surface area contributed by atoms with Gasteiger partial charge in [-0.3, -0.25) is 29.1 Å². The predicted molar refractivity (Wildman–Crippen MR) is 147 cm³/mol. The van der Waals surface area contributed by atoms with Gasteiger partial charge in [0.2, 0.25) is 0 Å². The first-order valence-electron chi connectivity index (χ1n) is 13.1. The monoisotopic (exact) mass is 552 g/mol. The third kappa shape index (κ3) is 7.45. The molecule has 4 atom stereocenters. The molecule has 2 saturated heterocycles. The number of nitrogens with zero attached hydrogens (tertiary/aromatic N) is 3. The highest BCUT2D eigenvalue weighted by Crippen LogP contribution is 2.32. The van der Waals surface area contributed by atoms with Crippen LogP contribution in [0.3, 0.4) is 0 Å². The van der Waals surface area contributed by atoms with Crippen molar-refractivity contribution in [1.82, 2.24) is 20.2 Å². The van der Waals surface area contributed by atoms with Gasteiger partial charge < -0.3 is 14.6 Å². The van der Waals surface area contributed by atoms with Gasteiger partial charge in [-0.1, -0.05) is 44.2 Å². The van der Waals surface area contributed by atoms with E-state index in [1.54, 1.807) is 11.9 Å². The number of fused-ring (bicyclic) bond motifs is 2. The lowest BCUT2D eigenvalue weighted by molar-refractivity contribution is -0.153. The van der Waals surface area contributed by atoms with Gasteiger partial charge in [-0.15, -0.1) is 0 Å². The lowest BCUT2D eigenvalue weighted by atomic mass is 9.64. The molecule has 39 heavy (non-hydrogen) atoms. The lowest BCUT2D eigenvalue weighted by Gasteiger charge is -2.40. The fraction of sp³-hybridized carbons (Fsp3) is 0.481. The third-order valence-corrected chi connectivity index (χ3v) is 8.04. The Morgan fingerprint density at radius 3 is 2.36 bits per heavy atom. The molecule has 1 aromatic heterocycles. The fourth-order valence-corrected chi connectivity index (χ4v) is 6.18. The van der Waals surface area contributed by atoms with Gasteiger partial charge in [0.25, 0.3) is 5.91 Å². The minimum Gasteiger partial charge on any atom is -0.498 e. The summed E-state index contributed by atoms with van der Waals surface area (Å²) < 4.78 is 11.5. The van der Waals surface area contributed by atoms with Crippen LogP contribution < -0.4 is 5.32 Å². The minimum atomic E-state index is -1.19. The van der Waals surface area contributed by atoms with E-state index in [-0.39, 0.29) is 30.2 Å². The Kier molecular flexibility index (Phi) is 9.74. The zero-order valence-electron chi connectivity index (χ0n) is 22.3. The average Bonchev–Trinajstić information content (AvgIpc) is 2.92. The van der Waals surface area contributed by atoms with Gasteiger partial charge in [-0.2, -0.15) is 11.8 Å². The summed E-state index contributed by atoms with van der Waals surface area (Å²) in [4.78, 5) is 62.4. The van der Waals surface area contributed by atoms with Crippen molar-refractivity contribution in [2.75, 3.05) is 18.6 Å². The van der Waals surface area contributed by atoms with Crippen LogP contribution in [0.1, 0.15) is 42.7 Å². The number of ketones is 1. The minimum absolute atomic E-state index is 0.0540. The number of likely N-dealkylation sites (N-methyl/N-ethyl adjacent to an activating group) is 1. The van der Waals surface area contributed by atoms with Crippen LogP contribution in [-0.4, -0.2) is 82.3 Å². The molecule has 0 radical (unpaired) electrons. The van der Waals surface area contributed by atoms with Crippen LogP contribution in [-0.2, 0) is 30.1 Å². The summed E-state index contributed by atoms with van der Waals surface area (Å²) >= 11 is 1.51. The second-order valence-corrected chi connectivity index (χ2v) is 11.4. The Morgan fingerprint density at radius 2 is 1.77 bits per heavy atom. The molecule has 3 heterocycles. The first-order valence-corrected chi connectivity index (χ1v) is 14.2. The van der Waals surface area contributed by atoms with Gasteiger partial charge in [0.1, 0.15) is 17.8 Å². The molecule has 0 aliphatic carbocycles. The maximum absolute atomic E-state index is 13.8. The summed E-state index contributed by atoms with van der Waals surface area (Å²) in [6.45, 7) is 3.97. The van der Waals surface area contributed by atoms with Gasteiger partial charge in [0.05, 0.1) is 12.2 Å². The van der Waals surface area contributed by atoms with E-state index in [0.717, 1.165) is 5.56 Å². The number of carbonyl (C=O) groups is 4. The molecule has 0 unspecified atom stereocenters. The first kappa shape index (κ1) is 28.8. The van der Waals surface area contributed by atoms with Crippen molar-refractivity contribution in [3.8, 4) is 0 Å². The van der Waals surface area contributed by atoms with E-state index in [2.05, 4.69) is 15.3 Å². The number of thioether (sulfide) groups is 1. The summed E-state index contributed by atoms with van der Waals surface area (Å²) in [5, 5.41) is 2.81. The Bertz CT molecular complexity index is 1150. The number of rotatable bonds is 10. The van der Waals surface area contributed by atoms with Crippen molar-refractivity contribution < 1.29 is 28.5 Å². The van der Waals surface area contributed by atoms with Crippen LogP contribution in [0.4, 0.5) is 0 Å². The molecular weight excluding hydrogens is 519 g/mol. The number of aromatic nitrogens is 2. The highest BCUT2D eigenvalue weighted by atomic mass is 32.2. The topological polar surface area (TPSA) is 128 Å². The van der Waals surface area contributed by atoms with E-state index in [1.165, 1.54) is 30.4 Å². The van der Waals surface area contributed by atoms with Crippen molar-refractivity contribution in [2.24, 2.45) is 5.92 Å². The summed E-state index contributed by atoms with van der Waals surface area (Å²) in [5.74, 6) is -1.12. The molecule has 0 saturated carbocycles. The van der Waals surface area contributed by atoms with E-state index in [9.17, 15) is 19.2 Å². The lowest BCUT2D eigenvalue weighted by Crippen LogP contribution is -2.59. The summed E-state index contributed by atoms with van der Waals surface area (Å²) in [6, 6.07) is 7.37. The maximum atomic E-state index is 13.8. The molecule has 4 rings (SSSR count). The van der Waals surface area contributed by atoms with Crippen LogP contribution in [0.25, 0.3) is 0 Å². The number of Topliss-reactive ketones (excluding diaryl/α,β-unsaturated/α-hetero) is 1. The second-order valence-electron chi connectivity index (χ2n) is 10.3. The molecule has 2 aliphatic heterocycles. The van der Waals surface area contributed by atoms with E-state index >= 15 is 0 Å². The van der Waals surface area contributed by atoms with Crippen LogP contribution in [0.2, 0.25) is 5.82 Å². The number of hydrogen-bond acceptors (Lipinski definition) is 10. The molecule has 206 valence electrons. The largest absolute Gasteiger partial charge is 0.602 e. The van der Waals surface area contributed by atoms with Gasteiger partial charge >= 0.3 is 19.1 Å². The maximum Gasteiger partial charge on any atom is 0.602 e. The van der Waals surface area contributed by atoms with Crippen molar-refractivity contribution >= 4 is 42.5 Å². The van der Waals surface area contributed by atoms with Crippen LogP contribution in [0.15, 0.2) is 48.9 Å². The van der Waals surface area contributed by atoms with Crippen molar-refractivity contribution in [2.45, 2.75) is 57.1 Å². The number of hydrogen-bond donors (Lipinski definition) is 1. The van der Waals surface area contributed by atoms with Crippen LogP contribution in [0.5, 0.6) is 0 Å². The van der Waals surface area contributed by atoms with E-state index < -0.39 is 48.9 Å². The van der Waals surface area contributed by atoms with Crippen molar-refractivity contribution in [1.29, 1.82) is 0 Å². The Morgan fingerprint density at radius 1 is 1.10 bits per heavy atom. The van der Waals surface area contributed by atoms with Crippen molar-refractivity contribution in [3.63, 3.8) is 0 Å². The SMILES string of the molecule is CC(C)C[C@H](CC(=O)[C@H](Cc1ccccc1)NC(=O)c1cnccn1)B1OC(=O)[C@H]2CSC[C@H](C(=O)O1)N2C. The first-order chi connectivity index (χ1) is 18.7. The smallest absolute Gasteiger partial charge is 0.498 e. The second kappa shape index (κ2) is 13.2.